The Labute approximate surface area is 72.3 Å². The van der Waals surface area contributed by atoms with Crippen molar-refractivity contribution in [1.29, 1.82) is 0 Å². The van der Waals surface area contributed by atoms with Crippen LogP contribution in [0.25, 0.3) is 0 Å². The van der Waals surface area contributed by atoms with Crippen molar-refractivity contribution in [3.05, 3.63) is 35.9 Å². The van der Waals surface area contributed by atoms with Crippen molar-refractivity contribution >= 4 is 0 Å². The number of ether oxygens (including phenoxy) is 1. The minimum absolute atomic E-state index is 0.174. The lowest BCUT2D eigenvalue weighted by Crippen LogP contribution is -2.26. The van der Waals surface area contributed by atoms with Gasteiger partial charge in [-0.2, -0.15) is 0 Å². The maximum atomic E-state index is 5.89. The van der Waals surface area contributed by atoms with E-state index in [4.69, 9.17) is 10.5 Å². The van der Waals surface area contributed by atoms with Gasteiger partial charge < -0.3 is 10.5 Å². The van der Waals surface area contributed by atoms with Crippen LogP contribution in [0.3, 0.4) is 0 Å². The molecule has 0 amide bonds. The lowest BCUT2D eigenvalue weighted by molar-refractivity contribution is 0.191. The second-order valence-electron chi connectivity index (χ2n) is 3.22. The molecule has 0 radical (unpaired) electrons. The zero-order valence-corrected chi connectivity index (χ0v) is 6.94. The van der Waals surface area contributed by atoms with E-state index in [0.717, 1.165) is 6.61 Å². The van der Waals surface area contributed by atoms with Gasteiger partial charge in [-0.15, -0.1) is 0 Å². The summed E-state index contributed by atoms with van der Waals surface area (Å²) in [5, 5.41) is 0. The molecular weight excluding hydrogens is 150 g/mol. The summed E-state index contributed by atoms with van der Waals surface area (Å²) in [4.78, 5) is 0. The highest BCUT2D eigenvalue weighted by Gasteiger charge is 2.25. The number of rotatable bonds is 1. The first-order valence-corrected chi connectivity index (χ1v) is 4.26. The first kappa shape index (κ1) is 7.77. The highest BCUT2D eigenvalue weighted by atomic mass is 16.5. The molecule has 2 atom stereocenters. The van der Waals surface area contributed by atoms with Crippen molar-refractivity contribution in [2.24, 2.45) is 5.73 Å². The Kier molecular flexibility index (Phi) is 2.11. The molecule has 1 fully saturated rings. The zero-order valence-electron chi connectivity index (χ0n) is 6.94. The maximum Gasteiger partial charge on any atom is 0.0624 e. The van der Waals surface area contributed by atoms with Crippen LogP contribution >= 0.6 is 0 Å². The predicted octanol–water partition coefficient (Wildman–Crippen LogP) is 1.13. The van der Waals surface area contributed by atoms with Gasteiger partial charge in [0, 0.05) is 12.0 Å². The van der Waals surface area contributed by atoms with Crippen LogP contribution in [0.1, 0.15) is 11.5 Å². The Bertz CT molecular complexity index is 247. The van der Waals surface area contributed by atoms with Gasteiger partial charge in [0.25, 0.3) is 0 Å². The molecule has 2 nitrogen and oxygen atoms in total. The zero-order chi connectivity index (χ0) is 8.39. The number of hydrogen-bond acceptors (Lipinski definition) is 2. The van der Waals surface area contributed by atoms with E-state index < -0.39 is 0 Å². The Morgan fingerprint density at radius 2 is 1.92 bits per heavy atom. The van der Waals surface area contributed by atoms with E-state index in [9.17, 15) is 0 Å². The van der Waals surface area contributed by atoms with E-state index in [1.54, 1.807) is 0 Å². The molecule has 0 saturated carbocycles. The third kappa shape index (κ3) is 1.36. The van der Waals surface area contributed by atoms with Crippen molar-refractivity contribution in [2.75, 3.05) is 13.2 Å². The summed E-state index contributed by atoms with van der Waals surface area (Å²) in [5.41, 5.74) is 7.18. The molecular formula is C10H13NO. The van der Waals surface area contributed by atoms with Crippen molar-refractivity contribution in [3.63, 3.8) is 0 Å². The van der Waals surface area contributed by atoms with Crippen LogP contribution < -0.4 is 5.73 Å². The summed E-state index contributed by atoms with van der Waals surface area (Å²) in [6.07, 6.45) is 0. The quantitative estimate of drug-likeness (QED) is 0.673. The average molecular weight is 163 g/mol. The molecule has 0 unspecified atom stereocenters. The first-order valence-electron chi connectivity index (χ1n) is 4.26. The third-order valence-corrected chi connectivity index (χ3v) is 2.35. The van der Waals surface area contributed by atoms with Gasteiger partial charge in [-0.25, -0.2) is 0 Å². The van der Waals surface area contributed by atoms with Gasteiger partial charge in [0.15, 0.2) is 0 Å². The summed E-state index contributed by atoms with van der Waals surface area (Å²) in [7, 11) is 0. The second-order valence-corrected chi connectivity index (χ2v) is 3.22. The molecule has 0 aliphatic carbocycles. The summed E-state index contributed by atoms with van der Waals surface area (Å²) in [6, 6.07) is 10.5. The molecule has 2 N–H and O–H groups in total. The fourth-order valence-electron chi connectivity index (χ4n) is 1.61. The van der Waals surface area contributed by atoms with Crippen molar-refractivity contribution in [1.82, 2.24) is 0 Å². The molecule has 64 valence electrons. The molecule has 1 saturated heterocycles. The highest BCUT2D eigenvalue weighted by molar-refractivity contribution is 5.22. The monoisotopic (exact) mass is 163 g/mol. The van der Waals surface area contributed by atoms with Gasteiger partial charge in [0.2, 0.25) is 0 Å². The van der Waals surface area contributed by atoms with Gasteiger partial charge in [0.05, 0.1) is 13.2 Å². The molecule has 1 aromatic rings. The Morgan fingerprint density at radius 1 is 1.17 bits per heavy atom. The minimum atomic E-state index is 0.174. The largest absolute Gasteiger partial charge is 0.379 e. The topological polar surface area (TPSA) is 35.2 Å². The lowest BCUT2D eigenvalue weighted by Gasteiger charge is -2.12. The fraction of sp³-hybridized carbons (Fsp3) is 0.400. The molecule has 1 aliphatic rings. The van der Waals surface area contributed by atoms with Crippen molar-refractivity contribution in [2.45, 2.75) is 12.0 Å². The molecule has 0 spiro atoms. The van der Waals surface area contributed by atoms with E-state index in [-0.39, 0.29) is 6.04 Å². The van der Waals surface area contributed by atoms with Crippen LogP contribution in [0, 0.1) is 0 Å². The standard InChI is InChI=1S/C10H13NO/c11-10-7-12-6-9(10)8-4-2-1-3-5-8/h1-5,9-10H,6-7,11H2/t9-,10-/m0/s1. The summed E-state index contributed by atoms with van der Waals surface area (Å²) >= 11 is 0. The lowest BCUT2D eigenvalue weighted by atomic mass is 9.95. The predicted molar refractivity (Wildman–Crippen MR) is 48.0 cm³/mol. The molecule has 1 aromatic carbocycles. The molecule has 0 aromatic heterocycles. The fourth-order valence-corrected chi connectivity index (χ4v) is 1.61. The van der Waals surface area contributed by atoms with Crippen molar-refractivity contribution < 1.29 is 4.74 Å². The van der Waals surface area contributed by atoms with E-state index in [1.807, 2.05) is 18.2 Å². The normalized spacial score (nSPS) is 29.1. The first-order chi connectivity index (χ1) is 5.88. The summed E-state index contributed by atoms with van der Waals surface area (Å²) in [6.45, 7) is 1.46. The molecule has 1 heterocycles. The number of nitrogens with two attached hydrogens (primary N) is 1. The summed E-state index contributed by atoms with van der Waals surface area (Å²) in [5.74, 6) is 0.395. The number of hydrogen-bond donors (Lipinski definition) is 1. The molecule has 12 heavy (non-hydrogen) atoms. The van der Waals surface area contributed by atoms with Crippen LogP contribution in [-0.2, 0) is 4.74 Å². The van der Waals surface area contributed by atoms with Crippen LogP contribution in [0.2, 0.25) is 0 Å². The van der Waals surface area contributed by atoms with E-state index in [2.05, 4.69) is 12.1 Å². The van der Waals surface area contributed by atoms with Crippen LogP contribution in [0.15, 0.2) is 30.3 Å². The Morgan fingerprint density at radius 3 is 2.50 bits per heavy atom. The maximum absolute atomic E-state index is 5.89. The molecule has 1 aliphatic heterocycles. The molecule has 0 bridgehead atoms. The highest BCUT2D eigenvalue weighted by Crippen LogP contribution is 2.23. The molecule has 2 heteroatoms. The third-order valence-electron chi connectivity index (χ3n) is 2.35. The van der Waals surface area contributed by atoms with Crippen molar-refractivity contribution in [3.8, 4) is 0 Å². The molecule has 2 rings (SSSR count). The van der Waals surface area contributed by atoms with E-state index in [1.165, 1.54) is 5.56 Å². The number of benzene rings is 1. The summed E-state index contributed by atoms with van der Waals surface area (Å²) < 4.78 is 5.30. The van der Waals surface area contributed by atoms with E-state index in [0.29, 0.717) is 12.5 Å². The Hall–Kier alpha value is -0.860. The smallest absolute Gasteiger partial charge is 0.0624 e. The van der Waals surface area contributed by atoms with Crippen LogP contribution in [0.5, 0.6) is 0 Å². The van der Waals surface area contributed by atoms with Gasteiger partial charge in [0.1, 0.15) is 0 Å². The van der Waals surface area contributed by atoms with Gasteiger partial charge >= 0.3 is 0 Å². The minimum Gasteiger partial charge on any atom is -0.379 e. The van der Waals surface area contributed by atoms with Gasteiger partial charge in [-0.1, -0.05) is 30.3 Å². The average Bonchev–Trinajstić information content (AvgIpc) is 2.53. The van der Waals surface area contributed by atoms with Gasteiger partial charge in [-0.05, 0) is 5.56 Å². The second kappa shape index (κ2) is 3.25. The van der Waals surface area contributed by atoms with Gasteiger partial charge in [-0.3, -0.25) is 0 Å². The Balaban J connectivity index is 2.19. The van der Waals surface area contributed by atoms with Crippen LogP contribution in [-0.4, -0.2) is 19.3 Å². The van der Waals surface area contributed by atoms with Crippen LogP contribution in [0.4, 0.5) is 0 Å². The SMILES string of the molecule is N[C@H]1COC[C@H]1c1ccccc1. The van der Waals surface area contributed by atoms with E-state index >= 15 is 0 Å².